The Morgan fingerprint density at radius 3 is 2.53 bits per heavy atom. The maximum absolute atomic E-state index is 13.2. The Hall–Kier alpha value is -1.47. The van der Waals surface area contributed by atoms with Gasteiger partial charge in [0.05, 0.1) is 10.5 Å². The van der Waals surface area contributed by atoms with Gasteiger partial charge in [-0.25, -0.2) is 22.3 Å². The number of carboxylic acid groups (broad SMARTS) is 1. The number of benzene rings is 1. The van der Waals surface area contributed by atoms with E-state index in [1.807, 2.05) is 13.8 Å². The molecular formula is C12H14FNO4S. The number of nitrogens with one attached hydrogen (secondary N) is 1. The van der Waals surface area contributed by atoms with Crippen LogP contribution in [0.15, 0.2) is 23.1 Å². The number of aromatic carboxylic acids is 1. The molecule has 2 rings (SSSR count). The lowest BCUT2D eigenvalue weighted by Crippen LogP contribution is -2.28. The smallest absolute Gasteiger partial charge is 0.338 e. The Labute approximate surface area is 110 Å². The number of hydrogen-bond donors (Lipinski definition) is 2. The first kappa shape index (κ1) is 14.0. The number of carboxylic acids is 1. The van der Waals surface area contributed by atoms with Gasteiger partial charge in [0.15, 0.2) is 0 Å². The second-order valence-corrected chi connectivity index (χ2v) is 7.03. The lowest BCUT2D eigenvalue weighted by atomic mass is 10.2. The SMILES string of the molecule is CC1(C)CC1NS(=O)(=O)c1ccc(F)c(C(=O)O)c1. The average Bonchev–Trinajstić information content (AvgIpc) is 2.84. The molecule has 104 valence electrons. The van der Waals surface area contributed by atoms with Crippen molar-refractivity contribution in [1.82, 2.24) is 4.72 Å². The minimum Gasteiger partial charge on any atom is -0.478 e. The summed E-state index contributed by atoms with van der Waals surface area (Å²) in [6.07, 6.45) is 0.721. The summed E-state index contributed by atoms with van der Waals surface area (Å²) in [5.74, 6) is -2.46. The van der Waals surface area contributed by atoms with Crippen molar-refractivity contribution in [3.63, 3.8) is 0 Å². The topological polar surface area (TPSA) is 83.5 Å². The van der Waals surface area contributed by atoms with Gasteiger partial charge in [-0.05, 0) is 30.0 Å². The standard InChI is InChI=1S/C12H14FNO4S/c1-12(2)6-10(12)14-19(17,18)7-3-4-9(13)8(5-7)11(15)16/h3-5,10,14H,6H2,1-2H3,(H,15,16). The second-order valence-electron chi connectivity index (χ2n) is 5.31. The van der Waals surface area contributed by atoms with Gasteiger partial charge < -0.3 is 5.11 Å². The molecule has 0 spiro atoms. The first-order chi connectivity index (χ1) is 8.63. The maximum atomic E-state index is 13.2. The van der Waals surface area contributed by atoms with E-state index in [4.69, 9.17) is 5.11 Å². The normalized spacial score (nSPS) is 21.1. The molecule has 0 heterocycles. The zero-order valence-electron chi connectivity index (χ0n) is 10.5. The Bertz CT molecular complexity index is 639. The van der Waals surface area contributed by atoms with Crippen LogP contribution in [-0.2, 0) is 10.0 Å². The van der Waals surface area contributed by atoms with E-state index in [-0.39, 0.29) is 16.4 Å². The number of hydrogen-bond acceptors (Lipinski definition) is 3. The van der Waals surface area contributed by atoms with Gasteiger partial charge in [-0.15, -0.1) is 0 Å². The highest BCUT2D eigenvalue weighted by molar-refractivity contribution is 7.89. The molecule has 0 bridgehead atoms. The van der Waals surface area contributed by atoms with Crippen LogP contribution in [0.4, 0.5) is 4.39 Å². The Morgan fingerprint density at radius 2 is 2.05 bits per heavy atom. The molecule has 0 amide bonds. The highest BCUT2D eigenvalue weighted by Gasteiger charge is 2.47. The molecule has 19 heavy (non-hydrogen) atoms. The zero-order chi connectivity index (χ0) is 14.4. The van der Waals surface area contributed by atoms with Crippen molar-refractivity contribution >= 4 is 16.0 Å². The van der Waals surface area contributed by atoms with E-state index in [1.165, 1.54) is 0 Å². The molecule has 2 N–H and O–H groups in total. The molecule has 1 unspecified atom stereocenters. The molecule has 1 saturated carbocycles. The average molecular weight is 287 g/mol. The highest BCUT2D eigenvalue weighted by atomic mass is 32.2. The summed E-state index contributed by atoms with van der Waals surface area (Å²) in [6, 6.07) is 2.56. The number of sulfonamides is 1. The van der Waals surface area contributed by atoms with Crippen LogP contribution in [0.2, 0.25) is 0 Å². The van der Waals surface area contributed by atoms with Gasteiger partial charge in [-0.2, -0.15) is 0 Å². The van der Waals surface area contributed by atoms with Crippen molar-refractivity contribution in [2.24, 2.45) is 5.41 Å². The summed E-state index contributed by atoms with van der Waals surface area (Å²) in [7, 11) is -3.82. The number of rotatable bonds is 4. The van der Waals surface area contributed by atoms with Crippen molar-refractivity contribution in [2.45, 2.75) is 31.2 Å². The minimum atomic E-state index is -3.82. The Kier molecular flexibility index (Phi) is 3.14. The Morgan fingerprint density at radius 1 is 1.47 bits per heavy atom. The molecule has 1 aliphatic rings. The lowest BCUT2D eigenvalue weighted by Gasteiger charge is -2.09. The van der Waals surface area contributed by atoms with Crippen molar-refractivity contribution in [3.8, 4) is 0 Å². The van der Waals surface area contributed by atoms with Crippen LogP contribution < -0.4 is 4.72 Å². The molecule has 1 aliphatic carbocycles. The predicted octanol–water partition coefficient (Wildman–Crippen LogP) is 1.60. The van der Waals surface area contributed by atoms with Crippen molar-refractivity contribution in [1.29, 1.82) is 0 Å². The lowest BCUT2D eigenvalue weighted by molar-refractivity contribution is 0.0691. The summed E-state index contributed by atoms with van der Waals surface area (Å²) in [6.45, 7) is 3.85. The summed E-state index contributed by atoms with van der Waals surface area (Å²) in [5.41, 5.74) is -0.749. The molecule has 0 aromatic heterocycles. The molecular weight excluding hydrogens is 273 g/mol. The van der Waals surface area contributed by atoms with Crippen molar-refractivity contribution < 1.29 is 22.7 Å². The van der Waals surface area contributed by atoms with Crippen molar-refractivity contribution in [2.75, 3.05) is 0 Å². The maximum Gasteiger partial charge on any atom is 0.338 e. The third-order valence-corrected chi connectivity index (χ3v) is 4.76. The molecule has 0 saturated heterocycles. The minimum absolute atomic E-state index is 0.0945. The third kappa shape index (κ3) is 2.76. The van der Waals surface area contributed by atoms with Crippen LogP contribution >= 0.6 is 0 Å². The largest absolute Gasteiger partial charge is 0.478 e. The fourth-order valence-electron chi connectivity index (χ4n) is 1.76. The highest BCUT2D eigenvalue weighted by Crippen LogP contribution is 2.45. The van der Waals surface area contributed by atoms with E-state index in [0.717, 1.165) is 24.6 Å². The molecule has 0 aliphatic heterocycles. The number of halogens is 1. The Balaban J connectivity index is 2.31. The van der Waals surface area contributed by atoms with Crippen LogP contribution in [-0.4, -0.2) is 25.5 Å². The fraction of sp³-hybridized carbons (Fsp3) is 0.417. The zero-order valence-corrected chi connectivity index (χ0v) is 11.3. The number of carbonyl (C=O) groups is 1. The van der Waals surface area contributed by atoms with E-state index in [2.05, 4.69) is 4.72 Å². The van der Waals surface area contributed by atoms with Gasteiger partial charge in [-0.1, -0.05) is 13.8 Å². The molecule has 1 aromatic rings. The first-order valence-corrected chi connectivity index (χ1v) is 7.17. The van der Waals surface area contributed by atoms with Gasteiger partial charge in [0.1, 0.15) is 5.82 Å². The first-order valence-electron chi connectivity index (χ1n) is 5.69. The van der Waals surface area contributed by atoms with Gasteiger partial charge in [0.2, 0.25) is 10.0 Å². The molecule has 5 nitrogen and oxygen atoms in total. The van der Waals surface area contributed by atoms with Crippen molar-refractivity contribution in [3.05, 3.63) is 29.6 Å². The van der Waals surface area contributed by atoms with Crippen LogP contribution in [0.3, 0.4) is 0 Å². The predicted molar refractivity (Wildman–Crippen MR) is 65.9 cm³/mol. The summed E-state index contributed by atoms with van der Waals surface area (Å²) in [4.78, 5) is 10.5. The van der Waals surface area contributed by atoms with E-state index >= 15 is 0 Å². The molecule has 7 heteroatoms. The molecule has 0 radical (unpaired) electrons. The van der Waals surface area contributed by atoms with Crippen LogP contribution in [0, 0.1) is 11.2 Å². The van der Waals surface area contributed by atoms with Crippen LogP contribution in [0.1, 0.15) is 30.6 Å². The summed E-state index contributed by atoms with van der Waals surface area (Å²) < 4.78 is 39.7. The van der Waals surface area contributed by atoms with Gasteiger partial charge in [-0.3, -0.25) is 0 Å². The van der Waals surface area contributed by atoms with Gasteiger partial charge in [0, 0.05) is 6.04 Å². The fourth-order valence-corrected chi connectivity index (χ4v) is 3.19. The van der Waals surface area contributed by atoms with E-state index in [9.17, 15) is 17.6 Å². The van der Waals surface area contributed by atoms with Gasteiger partial charge >= 0.3 is 5.97 Å². The van der Waals surface area contributed by atoms with E-state index in [0.29, 0.717) is 0 Å². The van der Waals surface area contributed by atoms with E-state index in [1.54, 1.807) is 0 Å². The second kappa shape index (κ2) is 4.28. The van der Waals surface area contributed by atoms with Gasteiger partial charge in [0.25, 0.3) is 0 Å². The quantitative estimate of drug-likeness (QED) is 0.881. The third-order valence-electron chi connectivity index (χ3n) is 3.29. The monoisotopic (exact) mass is 287 g/mol. The molecule has 1 fully saturated rings. The van der Waals surface area contributed by atoms with Crippen LogP contribution in [0.25, 0.3) is 0 Å². The summed E-state index contributed by atoms with van der Waals surface area (Å²) in [5, 5.41) is 8.78. The molecule has 1 aromatic carbocycles. The van der Waals surface area contributed by atoms with E-state index < -0.39 is 27.4 Å². The molecule has 1 atom stereocenters. The summed E-state index contributed by atoms with van der Waals surface area (Å²) >= 11 is 0. The van der Waals surface area contributed by atoms with Crippen LogP contribution in [0.5, 0.6) is 0 Å².